The van der Waals surface area contributed by atoms with Gasteiger partial charge in [-0.25, -0.2) is 0 Å². The van der Waals surface area contributed by atoms with E-state index in [0.717, 1.165) is 31.5 Å². The maximum atomic E-state index is 10.9. The SMILES string of the molecule is O=C(O)CC/C=C/CCC1[C@@H](OCC=Cc2ccccc2)C[C@H](O)[C@@H]1N1CCOCC1. The van der Waals surface area contributed by atoms with E-state index in [0.29, 0.717) is 32.7 Å². The van der Waals surface area contributed by atoms with Crippen LogP contribution < -0.4 is 0 Å². The van der Waals surface area contributed by atoms with Gasteiger partial charge in [0.05, 0.1) is 32.0 Å². The zero-order valence-electron chi connectivity index (χ0n) is 18.1. The van der Waals surface area contributed by atoms with Crippen molar-refractivity contribution in [2.45, 2.75) is 50.4 Å². The van der Waals surface area contributed by atoms with Gasteiger partial charge in [0.1, 0.15) is 0 Å². The number of benzene rings is 1. The highest BCUT2D eigenvalue weighted by Crippen LogP contribution is 2.36. The van der Waals surface area contributed by atoms with Crippen LogP contribution in [0.2, 0.25) is 0 Å². The summed E-state index contributed by atoms with van der Waals surface area (Å²) in [4.78, 5) is 13.0. The average Bonchev–Trinajstić information content (AvgIpc) is 3.09. The first-order chi connectivity index (χ1) is 15.1. The second kappa shape index (κ2) is 12.8. The van der Waals surface area contributed by atoms with Gasteiger partial charge in [-0.2, -0.15) is 0 Å². The lowest BCUT2D eigenvalue weighted by Crippen LogP contribution is -2.50. The summed E-state index contributed by atoms with van der Waals surface area (Å²) in [5.74, 6) is -0.532. The van der Waals surface area contributed by atoms with Crippen LogP contribution in [0.25, 0.3) is 6.08 Å². The van der Waals surface area contributed by atoms with E-state index in [1.54, 1.807) is 0 Å². The molecule has 6 heteroatoms. The Hall–Kier alpha value is -1.99. The Labute approximate surface area is 185 Å². The predicted octanol–water partition coefficient (Wildman–Crippen LogP) is 3.37. The molecule has 4 atom stereocenters. The van der Waals surface area contributed by atoms with Crippen LogP contribution in [0.3, 0.4) is 0 Å². The molecule has 2 aliphatic rings. The minimum absolute atomic E-state index is 0.00990. The Morgan fingerprint density at radius 3 is 2.61 bits per heavy atom. The zero-order valence-corrected chi connectivity index (χ0v) is 18.1. The van der Waals surface area contributed by atoms with E-state index in [2.05, 4.69) is 29.2 Å². The molecule has 0 bridgehead atoms. The van der Waals surface area contributed by atoms with Gasteiger partial charge in [-0.15, -0.1) is 0 Å². The molecule has 6 nitrogen and oxygen atoms in total. The van der Waals surface area contributed by atoms with Crippen molar-refractivity contribution in [1.82, 2.24) is 4.90 Å². The van der Waals surface area contributed by atoms with Crippen LogP contribution in [0.4, 0.5) is 0 Å². The predicted molar refractivity (Wildman–Crippen MR) is 121 cm³/mol. The lowest BCUT2D eigenvalue weighted by Gasteiger charge is -2.37. The summed E-state index contributed by atoms with van der Waals surface area (Å²) < 4.78 is 11.7. The van der Waals surface area contributed by atoms with Crippen LogP contribution in [0, 0.1) is 5.92 Å². The molecule has 170 valence electrons. The summed E-state index contributed by atoms with van der Waals surface area (Å²) in [6, 6.07) is 10.2. The third kappa shape index (κ3) is 7.58. The Morgan fingerprint density at radius 2 is 1.87 bits per heavy atom. The summed E-state index contributed by atoms with van der Waals surface area (Å²) in [6.45, 7) is 3.61. The third-order valence-corrected chi connectivity index (χ3v) is 6.13. The van der Waals surface area contributed by atoms with E-state index in [-0.39, 0.29) is 24.5 Å². The fourth-order valence-corrected chi connectivity index (χ4v) is 4.65. The molecule has 1 saturated carbocycles. The van der Waals surface area contributed by atoms with E-state index in [4.69, 9.17) is 14.6 Å². The first-order valence-electron chi connectivity index (χ1n) is 11.3. The lowest BCUT2D eigenvalue weighted by molar-refractivity contribution is -0.136. The van der Waals surface area contributed by atoms with Crippen LogP contribution in [0.1, 0.15) is 37.7 Å². The van der Waals surface area contributed by atoms with Crippen molar-refractivity contribution in [2.24, 2.45) is 5.92 Å². The number of rotatable bonds is 11. The van der Waals surface area contributed by atoms with Crippen LogP contribution >= 0.6 is 0 Å². The molecule has 1 aliphatic heterocycles. The van der Waals surface area contributed by atoms with E-state index < -0.39 is 12.1 Å². The highest BCUT2D eigenvalue weighted by Gasteiger charge is 2.45. The zero-order chi connectivity index (χ0) is 21.9. The highest BCUT2D eigenvalue weighted by molar-refractivity contribution is 5.66. The minimum Gasteiger partial charge on any atom is -0.481 e. The first-order valence-corrected chi connectivity index (χ1v) is 11.3. The Morgan fingerprint density at radius 1 is 1.13 bits per heavy atom. The molecule has 2 fully saturated rings. The molecule has 0 spiro atoms. The fourth-order valence-electron chi connectivity index (χ4n) is 4.65. The monoisotopic (exact) mass is 429 g/mol. The van der Waals surface area contributed by atoms with Gasteiger partial charge in [-0.05, 0) is 24.8 Å². The highest BCUT2D eigenvalue weighted by atomic mass is 16.5. The molecule has 1 aromatic carbocycles. The summed E-state index contributed by atoms with van der Waals surface area (Å²) >= 11 is 0. The Bertz CT molecular complexity index is 714. The molecule has 1 heterocycles. The van der Waals surface area contributed by atoms with Crippen LogP contribution in [-0.4, -0.2) is 72.2 Å². The molecule has 0 aromatic heterocycles. The van der Waals surface area contributed by atoms with Crippen molar-refractivity contribution in [3.63, 3.8) is 0 Å². The van der Waals surface area contributed by atoms with Gasteiger partial charge in [-0.1, -0.05) is 54.6 Å². The molecular weight excluding hydrogens is 394 g/mol. The molecule has 0 radical (unpaired) electrons. The number of nitrogens with zero attached hydrogens (tertiary/aromatic N) is 1. The third-order valence-electron chi connectivity index (χ3n) is 6.13. The van der Waals surface area contributed by atoms with E-state index in [1.807, 2.05) is 30.4 Å². The lowest BCUT2D eigenvalue weighted by atomic mass is 9.93. The Kier molecular flexibility index (Phi) is 9.75. The molecular formula is C25H35NO5. The molecule has 1 aromatic rings. The molecule has 31 heavy (non-hydrogen) atoms. The van der Waals surface area contributed by atoms with Gasteiger partial charge in [0, 0.05) is 37.9 Å². The molecule has 1 unspecified atom stereocenters. The number of hydrogen-bond acceptors (Lipinski definition) is 5. The van der Waals surface area contributed by atoms with Crippen LogP contribution in [0.15, 0.2) is 48.6 Å². The summed E-state index contributed by atoms with van der Waals surface area (Å²) in [5, 5.41) is 19.6. The molecule has 1 saturated heterocycles. The van der Waals surface area contributed by atoms with Gasteiger partial charge >= 0.3 is 5.97 Å². The number of aliphatic hydroxyl groups is 1. The second-order valence-electron chi connectivity index (χ2n) is 8.27. The van der Waals surface area contributed by atoms with Gasteiger partial charge < -0.3 is 19.7 Å². The maximum absolute atomic E-state index is 10.9. The van der Waals surface area contributed by atoms with Crippen molar-refractivity contribution in [2.75, 3.05) is 32.9 Å². The number of ether oxygens (including phenoxy) is 2. The second-order valence-corrected chi connectivity index (χ2v) is 8.27. The molecule has 0 amide bonds. The minimum atomic E-state index is -0.770. The van der Waals surface area contributed by atoms with Crippen molar-refractivity contribution < 1.29 is 24.5 Å². The van der Waals surface area contributed by atoms with E-state index in [9.17, 15) is 9.90 Å². The standard InChI is InChI=1S/C25H35NO5/c27-22-19-23(31-16-8-11-20-9-4-3-5-10-20)21(12-6-1-2-7-13-24(28)29)25(22)26-14-17-30-18-15-26/h1-5,8-11,21-23,25,27H,6-7,12-19H2,(H,28,29)/b2-1+,11-8?/t21?,22-,23-,25+/m0/s1. The number of hydrogen-bond donors (Lipinski definition) is 2. The summed E-state index contributed by atoms with van der Waals surface area (Å²) in [5.41, 5.74) is 1.15. The van der Waals surface area contributed by atoms with Crippen molar-refractivity contribution >= 4 is 12.0 Å². The van der Waals surface area contributed by atoms with Crippen molar-refractivity contribution in [3.8, 4) is 0 Å². The topological polar surface area (TPSA) is 79.2 Å². The Balaban J connectivity index is 1.57. The van der Waals surface area contributed by atoms with Crippen molar-refractivity contribution in [1.29, 1.82) is 0 Å². The number of morpholine rings is 1. The molecule has 1 aliphatic carbocycles. The van der Waals surface area contributed by atoms with Crippen molar-refractivity contribution in [3.05, 3.63) is 54.1 Å². The number of carboxylic acid groups (broad SMARTS) is 1. The fraction of sp³-hybridized carbons (Fsp3) is 0.560. The van der Waals surface area contributed by atoms with E-state index >= 15 is 0 Å². The molecule has 3 rings (SSSR count). The van der Waals surface area contributed by atoms with Gasteiger partial charge in [-0.3, -0.25) is 9.69 Å². The van der Waals surface area contributed by atoms with Gasteiger partial charge in [0.2, 0.25) is 0 Å². The van der Waals surface area contributed by atoms with Gasteiger partial charge in [0.25, 0.3) is 0 Å². The summed E-state index contributed by atoms with van der Waals surface area (Å²) in [6.07, 6.45) is 10.9. The number of aliphatic hydroxyl groups excluding tert-OH is 1. The summed E-state index contributed by atoms with van der Waals surface area (Å²) in [7, 11) is 0. The average molecular weight is 430 g/mol. The number of aliphatic carboxylic acids is 1. The smallest absolute Gasteiger partial charge is 0.303 e. The molecule has 2 N–H and O–H groups in total. The normalized spacial score (nSPS) is 27.4. The van der Waals surface area contributed by atoms with E-state index in [1.165, 1.54) is 0 Å². The maximum Gasteiger partial charge on any atom is 0.303 e. The number of allylic oxidation sites excluding steroid dienone is 2. The van der Waals surface area contributed by atoms with Gasteiger partial charge in [0.15, 0.2) is 0 Å². The quantitative estimate of drug-likeness (QED) is 0.525. The number of carboxylic acids is 1. The largest absolute Gasteiger partial charge is 0.481 e. The van der Waals surface area contributed by atoms with Crippen LogP contribution in [-0.2, 0) is 14.3 Å². The first kappa shape index (κ1) is 23.7. The van der Waals surface area contributed by atoms with Crippen LogP contribution in [0.5, 0.6) is 0 Å². The number of carbonyl (C=O) groups is 1.